The first-order valence-electron chi connectivity index (χ1n) is 6.65. The van der Waals surface area contributed by atoms with Gasteiger partial charge in [0.05, 0.1) is 11.9 Å². The Balaban J connectivity index is 1.57. The largest absolute Gasteiger partial charge is 0.379 e. The van der Waals surface area contributed by atoms with Crippen molar-refractivity contribution in [1.82, 2.24) is 9.78 Å². The maximum Gasteiger partial charge on any atom is 0.287 e. The number of halogens is 1. The minimum atomic E-state index is -0.226. The van der Waals surface area contributed by atoms with E-state index in [0.29, 0.717) is 11.7 Å². The maximum atomic E-state index is 11.7. The Kier molecular flexibility index (Phi) is 2.11. The first kappa shape index (κ1) is 10.9. The highest BCUT2D eigenvalue weighted by atomic mass is 35.5. The Morgan fingerprint density at radius 2 is 2.06 bits per heavy atom. The van der Waals surface area contributed by atoms with Gasteiger partial charge in [-0.3, -0.25) is 4.79 Å². The van der Waals surface area contributed by atoms with Crippen molar-refractivity contribution in [3.05, 3.63) is 21.6 Å². The Bertz CT molecular complexity index is 554. The van der Waals surface area contributed by atoms with Gasteiger partial charge in [-0.2, -0.15) is 5.10 Å². The molecule has 4 rings (SSSR count). The van der Waals surface area contributed by atoms with E-state index in [0.717, 1.165) is 23.7 Å². The van der Waals surface area contributed by atoms with Crippen molar-refractivity contribution in [2.75, 3.05) is 5.32 Å². The molecule has 5 heteroatoms. The normalized spacial score (nSPS) is 39.8. The standard InChI is InChI=1S/C13H16ClN3O/c1-17-13(18)11(14)8(5-15-17)16-12-9-6-2-3-7(4-6)10(9)12/h5-7,9-10,12,16H,2-4H2,1H3/t6-,7-,9-,10+,12?/m0/s1. The molecule has 1 heterocycles. The van der Waals surface area contributed by atoms with E-state index in [1.54, 1.807) is 13.2 Å². The van der Waals surface area contributed by atoms with Gasteiger partial charge in [0.1, 0.15) is 5.02 Å². The predicted molar refractivity (Wildman–Crippen MR) is 69.7 cm³/mol. The third-order valence-electron chi connectivity index (χ3n) is 5.14. The predicted octanol–water partition coefficient (Wildman–Crippen LogP) is 1.89. The fourth-order valence-corrected chi connectivity index (χ4v) is 4.53. The van der Waals surface area contributed by atoms with Crippen LogP contribution in [-0.4, -0.2) is 15.8 Å². The van der Waals surface area contributed by atoms with Crippen molar-refractivity contribution in [1.29, 1.82) is 0 Å². The Morgan fingerprint density at radius 3 is 2.72 bits per heavy atom. The molecular formula is C13H16ClN3O. The van der Waals surface area contributed by atoms with Crippen LogP contribution in [0.15, 0.2) is 11.0 Å². The lowest BCUT2D eigenvalue weighted by Crippen LogP contribution is -2.22. The smallest absolute Gasteiger partial charge is 0.287 e. The van der Waals surface area contributed by atoms with Crippen LogP contribution in [0.2, 0.25) is 5.02 Å². The van der Waals surface area contributed by atoms with Crippen LogP contribution in [0.25, 0.3) is 0 Å². The van der Waals surface area contributed by atoms with Crippen molar-refractivity contribution < 1.29 is 0 Å². The van der Waals surface area contributed by atoms with E-state index in [-0.39, 0.29) is 10.6 Å². The van der Waals surface area contributed by atoms with Gasteiger partial charge in [0.25, 0.3) is 5.56 Å². The molecule has 4 nitrogen and oxygen atoms in total. The van der Waals surface area contributed by atoms with Crippen molar-refractivity contribution in [2.24, 2.45) is 30.7 Å². The Hall–Kier alpha value is -1.03. The van der Waals surface area contributed by atoms with Crippen LogP contribution in [0.4, 0.5) is 5.69 Å². The number of rotatable bonds is 2. The van der Waals surface area contributed by atoms with Crippen molar-refractivity contribution in [3.8, 4) is 0 Å². The zero-order chi connectivity index (χ0) is 12.4. The quantitative estimate of drug-likeness (QED) is 0.888. The second-order valence-corrected chi connectivity index (χ2v) is 6.34. The number of fused-ring (bicyclic) bond motifs is 5. The lowest BCUT2D eigenvalue weighted by atomic mass is 10.0. The number of nitrogens with zero attached hydrogens (tertiary/aromatic N) is 2. The second-order valence-electron chi connectivity index (χ2n) is 5.96. The highest BCUT2D eigenvalue weighted by molar-refractivity contribution is 6.32. The summed E-state index contributed by atoms with van der Waals surface area (Å²) >= 11 is 6.08. The average molecular weight is 266 g/mol. The van der Waals surface area contributed by atoms with Crippen molar-refractivity contribution in [2.45, 2.75) is 25.3 Å². The molecule has 18 heavy (non-hydrogen) atoms. The van der Waals surface area contributed by atoms with E-state index in [1.165, 1.54) is 23.9 Å². The molecule has 0 amide bonds. The SMILES string of the molecule is Cn1ncc(NC2[C@@H]3[C@H]4CC[C@@H](C4)[C@H]23)c(Cl)c1=O. The first-order valence-corrected chi connectivity index (χ1v) is 7.03. The summed E-state index contributed by atoms with van der Waals surface area (Å²) in [6.45, 7) is 0. The highest BCUT2D eigenvalue weighted by Gasteiger charge is 2.65. The van der Waals surface area contributed by atoms with Crippen LogP contribution in [0, 0.1) is 23.7 Å². The molecule has 96 valence electrons. The molecule has 3 aliphatic rings. The molecular weight excluding hydrogens is 250 g/mol. The van der Waals surface area contributed by atoms with Gasteiger partial charge in [-0.1, -0.05) is 11.6 Å². The van der Waals surface area contributed by atoms with Crippen LogP contribution >= 0.6 is 11.6 Å². The van der Waals surface area contributed by atoms with E-state index in [9.17, 15) is 4.79 Å². The summed E-state index contributed by atoms with van der Waals surface area (Å²) in [6.07, 6.45) is 5.88. The number of nitrogens with one attached hydrogen (secondary N) is 1. The lowest BCUT2D eigenvalue weighted by molar-refractivity contribution is 0.456. The van der Waals surface area contributed by atoms with Gasteiger partial charge in [-0.15, -0.1) is 0 Å². The van der Waals surface area contributed by atoms with Gasteiger partial charge < -0.3 is 5.32 Å². The molecule has 3 aliphatic carbocycles. The van der Waals surface area contributed by atoms with Crippen molar-refractivity contribution >= 4 is 17.3 Å². The molecule has 0 aromatic carbocycles. The highest BCUT2D eigenvalue weighted by Crippen LogP contribution is 2.66. The zero-order valence-electron chi connectivity index (χ0n) is 10.3. The van der Waals surface area contributed by atoms with E-state index < -0.39 is 0 Å². The molecule has 1 N–H and O–H groups in total. The maximum absolute atomic E-state index is 11.7. The minimum Gasteiger partial charge on any atom is -0.379 e. The van der Waals surface area contributed by atoms with E-state index in [4.69, 9.17) is 11.6 Å². The molecule has 0 saturated heterocycles. The second kappa shape index (κ2) is 3.50. The zero-order valence-corrected chi connectivity index (χ0v) is 11.0. The summed E-state index contributed by atoms with van der Waals surface area (Å²) in [5.74, 6) is 3.47. The molecule has 5 atom stereocenters. The first-order chi connectivity index (χ1) is 8.66. The Morgan fingerprint density at radius 1 is 1.39 bits per heavy atom. The number of hydrogen-bond acceptors (Lipinski definition) is 3. The molecule has 0 radical (unpaired) electrons. The fourth-order valence-electron chi connectivity index (χ4n) is 4.31. The number of aromatic nitrogens is 2. The Labute approximate surface area is 110 Å². The lowest BCUT2D eigenvalue weighted by Gasteiger charge is -2.12. The molecule has 1 aromatic heterocycles. The molecule has 0 aliphatic heterocycles. The topological polar surface area (TPSA) is 46.9 Å². The van der Waals surface area contributed by atoms with Crippen LogP contribution in [0.5, 0.6) is 0 Å². The summed E-state index contributed by atoms with van der Waals surface area (Å²) < 4.78 is 1.27. The van der Waals surface area contributed by atoms with Gasteiger partial charge in [0.15, 0.2) is 0 Å². The summed E-state index contributed by atoms with van der Waals surface area (Å²) in [4.78, 5) is 11.7. The van der Waals surface area contributed by atoms with E-state index in [1.807, 2.05) is 0 Å². The van der Waals surface area contributed by atoms with Gasteiger partial charge in [-0.25, -0.2) is 4.68 Å². The summed E-state index contributed by atoms with van der Waals surface area (Å²) in [7, 11) is 1.62. The van der Waals surface area contributed by atoms with Gasteiger partial charge >= 0.3 is 0 Å². The fraction of sp³-hybridized carbons (Fsp3) is 0.692. The van der Waals surface area contributed by atoms with Crippen LogP contribution in [0.3, 0.4) is 0 Å². The molecule has 1 unspecified atom stereocenters. The summed E-state index contributed by atoms with van der Waals surface area (Å²) in [5, 5.41) is 7.74. The van der Waals surface area contributed by atoms with Gasteiger partial charge in [0, 0.05) is 13.1 Å². The van der Waals surface area contributed by atoms with E-state index in [2.05, 4.69) is 10.4 Å². The van der Waals surface area contributed by atoms with Gasteiger partial charge in [0.2, 0.25) is 0 Å². The molecule has 3 saturated carbocycles. The number of hydrogen-bond donors (Lipinski definition) is 1. The van der Waals surface area contributed by atoms with Crippen LogP contribution < -0.4 is 10.9 Å². The molecule has 3 fully saturated rings. The minimum absolute atomic E-state index is 0.226. The molecule has 0 spiro atoms. The monoisotopic (exact) mass is 265 g/mol. The molecule has 2 bridgehead atoms. The third-order valence-corrected chi connectivity index (χ3v) is 5.50. The van der Waals surface area contributed by atoms with Crippen LogP contribution in [-0.2, 0) is 7.05 Å². The van der Waals surface area contributed by atoms with Gasteiger partial charge in [-0.05, 0) is 42.9 Å². The number of aryl methyl sites for hydroxylation is 1. The number of anilines is 1. The third kappa shape index (κ3) is 1.32. The van der Waals surface area contributed by atoms with E-state index >= 15 is 0 Å². The summed E-state index contributed by atoms with van der Waals surface area (Å²) in [6, 6.07) is 0.530. The average Bonchev–Trinajstić information content (AvgIpc) is 2.76. The van der Waals surface area contributed by atoms with Crippen molar-refractivity contribution in [3.63, 3.8) is 0 Å². The van der Waals surface area contributed by atoms with Crippen LogP contribution in [0.1, 0.15) is 19.3 Å². The summed E-state index contributed by atoms with van der Waals surface area (Å²) in [5.41, 5.74) is 0.481. The molecule has 1 aromatic rings.